The standard InChI is InChI=1S/C11H23NO3S/c1-3-4-5-6-7-8-9-10-11(12)15-16(2,13)14/h9-11H,3-8,12H2,1-2H3. The van der Waals surface area contributed by atoms with Crippen LogP contribution in [-0.4, -0.2) is 20.9 Å². The summed E-state index contributed by atoms with van der Waals surface area (Å²) >= 11 is 0. The third-order valence-electron chi connectivity index (χ3n) is 2.09. The lowest BCUT2D eigenvalue weighted by atomic mass is 10.1. The van der Waals surface area contributed by atoms with E-state index in [4.69, 9.17) is 5.73 Å². The molecule has 5 heteroatoms. The lowest BCUT2D eigenvalue weighted by molar-refractivity contribution is 0.266. The lowest BCUT2D eigenvalue weighted by Crippen LogP contribution is -2.24. The third-order valence-corrected chi connectivity index (χ3v) is 2.66. The van der Waals surface area contributed by atoms with E-state index in [1.807, 2.05) is 6.08 Å². The van der Waals surface area contributed by atoms with Crippen molar-refractivity contribution >= 4 is 10.1 Å². The van der Waals surface area contributed by atoms with E-state index in [0.717, 1.165) is 19.1 Å². The van der Waals surface area contributed by atoms with Crippen molar-refractivity contribution in [2.45, 2.75) is 51.7 Å². The minimum absolute atomic E-state index is 0.856. The van der Waals surface area contributed by atoms with Gasteiger partial charge in [0.1, 0.15) is 6.23 Å². The zero-order chi connectivity index (χ0) is 12.4. The van der Waals surface area contributed by atoms with Crippen molar-refractivity contribution in [2.24, 2.45) is 5.73 Å². The number of rotatable bonds is 9. The van der Waals surface area contributed by atoms with Crippen LogP contribution in [0.25, 0.3) is 0 Å². The zero-order valence-electron chi connectivity index (χ0n) is 10.2. The predicted octanol–water partition coefficient (Wildman–Crippen LogP) is 2.16. The highest BCUT2D eigenvalue weighted by Crippen LogP contribution is 2.05. The first-order chi connectivity index (χ1) is 7.45. The van der Waals surface area contributed by atoms with Crippen LogP contribution in [0.3, 0.4) is 0 Å². The molecule has 0 saturated carbocycles. The van der Waals surface area contributed by atoms with Crippen LogP contribution < -0.4 is 5.73 Å². The summed E-state index contributed by atoms with van der Waals surface area (Å²) in [5.74, 6) is 0. The Bertz CT molecular complexity index is 286. The second-order valence-electron chi connectivity index (χ2n) is 3.90. The van der Waals surface area contributed by atoms with Crippen molar-refractivity contribution in [3.05, 3.63) is 12.2 Å². The maximum absolute atomic E-state index is 10.7. The topological polar surface area (TPSA) is 69.4 Å². The number of hydrogen-bond donors (Lipinski definition) is 1. The third kappa shape index (κ3) is 11.7. The minimum atomic E-state index is -3.45. The molecule has 0 aromatic carbocycles. The van der Waals surface area contributed by atoms with Gasteiger partial charge in [0.05, 0.1) is 6.26 Å². The van der Waals surface area contributed by atoms with E-state index in [1.165, 1.54) is 25.7 Å². The molecule has 0 aliphatic rings. The summed E-state index contributed by atoms with van der Waals surface area (Å²) in [6.45, 7) is 2.18. The average molecular weight is 249 g/mol. The van der Waals surface area contributed by atoms with Crippen LogP contribution in [0, 0.1) is 0 Å². The minimum Gasteiger partial charge on any atom is -0.302 e. The number of hydrogen-bond acceptors (Lipinski definition) is 4. The van der Waals surface area contributed by atoms with Gasteiger partial charge in [-0.15, -0.1) is 0 Å². The van der Waals surface area contributed by atoms with Crippen LogP contribution in [0.5, 0.6) is 0 Å². The molecule has 0 aliphatic carbocycles. The van der Waals surface area contributed by atoms with Crippen molar-refractivity contribution in [2.75, 3.05) is 6.26 Å². The molecule has 0 fully saturated rings. The van der Waals surface area contributed by atoms with Crippen molar-refractivity contribution in [3.63, 3.8) is 0 Å². The Labute approximate surface area is 99.0 Å². The van der Waals surface area contributed by atoms with E-state index >= 15 is 0 Å². The number of nitrogens with two attached hydrogens (primary N) is 1. The Morgan fingerprint density at radius 1 is 1.25 bits per heavy atom. The van der Waals surface area contributed by atoms with E-state index in [9.17, 15) is 8.42 Å². The first kappa shape index (κ1) is 15.6. The molecule has 0 radical (unpaired) electrons. The highest BCUT2D eigenvalue weighted by Gasteiger charge is 2.06. The fraction of sp³-hybridized carbons (Fsp3) is 0.818. The summed E-state index contributed by atoms with van der Waals surface area (Å²) in [6.07, 6.45) is 10.6. The fourth-order valence-corrected chi connectivity index (χ4v) is 1.80. The van der Waals surface area contributed by atoms with Gasteiger partial charge in [0.15, 0.2) is 0 Å². The summed E-state index contributed by atoms with van der Waals surface area (Å²) in [5.41, 5.74) is 5.43. The molecule has 0 amide bonds. The fourth-order valence-electron chi connectivity index (χ4n) is 1.33. The molecule has 0 rings (SSSR count). The van der Waals surface area contributed by atoms with Gasteiger partial charge >= 0.3 is 0 Å². The molecule has 0 heterocycles. The van der Waals surface area contributed by atoms with Crippen molar-refractivity contribution in [1.29, 1.82) is 0 Å². The Morgan fingerprint density at radius 3 is 2.44 bits per heavy atom. The Morgan fingerprint density at radius 2 is 1.88 bits per heavy atom. The highest BCUT2D eigenvalue weighted by atomic mass is 32.2. The molecule has 1 unspecified atom stereocenters. The largest absolute Gasteiger partial charge is 0.302 e. The van der Waals surface area contributed by atoms with Gasteiger partial charge in [-0.1, -0.05) is 38.7 Å². The highest BCUT2D eigenvalue weighted by molar-refractivity contribution is 7.86. The normalized spacial score (nSPS) is 14.4. The molecular formula is C11H23NO3S. The monoisotopic (exact) mass is 249 g/mol. The summed E-state index contributed by atoms with van der Waals surface area (Å²) in [6, 6.07) is 0. The van der Waals surface area contributed by atoms with E-state index in [1.54, 1.807) is 6.08 Å². The van der Waals surface area contributed by atoms with E-state index in [-0.39, 0.29) is 0 Å². The van der Waals surface area contributed by atoms with E-state index in [2.05, 4.69) is 11.1 Å². The summed E-state index contributed by atoms with van der Waals surface area (Å²) in [7, 11) is -3.45. The van der Waals surface area contributed by atoms with Gasteiger partial charge in [-0.3, -0.25) is 0 Å². The maximum Gasteiger partial charge on any atom is 0.266 e. The Hall–Kier alpha value is -0.390. The molecule has 96 valence electrons. The SMILES string of the molecule is CCCCCCCC=CC(N)OS(C)(=O)=O. The van der Waals surface area contributed by atoms with E-state index < -0.39 is 16.3 Å². The van der Waals surface area contributed by atoms with Gasteiger partial charge in [-0.05, 0) is 18.9 Å². The van der Waals surface area contributed by atoms with E-state index in [0.29, 0.717) is 0 Å². The van der Waals surface area contributed by atoms with Crippen LogP contribution in [-0.2, 0) is 14.3 Å². The van der Waals surface area contributed by atoms with Gasteiger partial charge < -0.3 is 5.73 Å². The smallest absolute Gasteiger partial charge is 0.266 e. The molecule has 4 nitrogen and oxygen atoms in total. The summed E-state index contributed by atoms with van der Waals surface area (Å²) < 4.78 is 26.0. The molecule has 1 atom stereocenters. The first-order valence-electron chi connectivity index (χ1n) is 5.76. The zero-order valence-corrected chi connectivity index (χ0v) is 11.0. The number of allylic oxidation sites excluding steroid dienone is 1. The molecule has 0 bridgehead atoms. The molecular weight excluding hydrogens is 226 g/mol. The second kappa shape index (κ2) is 8.73. The maximum atomic E-state index is 10.7. The molecule has 16 heavy (non-hydrogen) atoms. The number of unbranched alkanes of at least 4 members (excludes halogenated alkanes) is 5. The van der Waals surface area contributed by atoms with Gasteiger partial charge in [-0.2, -0.15) is 8.42 Å². The molecule has 0 spiro atoms. The summed E-state index contributed by atoms with van der Waals surface area (Å²) in [4.78, 5) is 0. The molecule has 0 aromatic rings. The Balaban J connectivity index is 3.53. The van der Waals surface area contributed by atoms with Crippen LogP contribution >= 0.6 is 0 Å². The van der Waals surface area contributed by atoms with Gasteiger partial charge in [0.25, 0.3) is 10.1 Å². The second-order valence-corrected chi connectivity index (χ2v) is 5.50. The predicted molar refractivity (Wildman–Crippen MR) is 66.4 cm³/mol. The van der Waals surface area contributed by atoms with Crippen LogP contribution in [0.15, 0.2) is 12.2 Å². The average Bonchev–Trinajstić information content (AvgIpc) is 2.13. The molecule has 2 N–H and O–H groups in total. The lowest BCUT2D eigenvalue weighted by Gasteiger charge is -2.05. The van der Waals surface area contributed by atoms with Gasteiger partial charge in [-0.25, -0.2) is 4.18 Å². The molecule has 0 aromatic heterocycles. The Kier molecular flexibility index (Phi) is 8.51. The van der Waals surface area contributed by atoms with Crippen LogP contribution in [0.4, 0.5) is 0 Å². The molecule has 0 aliphatic heterocycles. The quantitative estimate of drug-likeness (QED) is 0.294. The van der Waals surface area contributed by atoms with Crippen molar-refractivity contribution in [1.82, 2.24) is 0 Å². The van der Waals surface area contributed by atoms with Crippen molar-refractivity contribution < 1.29 is 12.6 Å². The van der Waals surface area contributed by atoms with Crippen molar-refractivity contribution in [3.8, 4) is 0 Å². The summed E-state index contributed by atoms with van der Waals surface area (Å²) in [5, 5.41) is 0. The van der Waals surface area contributed by atoms with Crippen LogP contribution in [0.2, 0.25) is 0 Å². The molecule has 0 saturated heterocycles. The van der Waals surface area contributed by atoms with Gasteiger partial charge in [0, 0.05) is 0 Å². The van der Waals surface area contributed by atoms with Crippen LogP contribution in [0.1, 0.15) is 45.4 Å². The first-order valence-corrected chi connectivity index (χ1v) is 7.58. The van der Waals surface area contributed by atoms with Gasteiger partial charge in [0.2, 0.25) is 0 Å².